The molecule has 1 saturated heterocycles. The molecule has 7 N–H and O–H groups in total. The van der Waals surface area contributed by atoms with Gasteiger partial charge in [0, 0.05) is 103 Å². The number of benzene rings is 1. The summed E-state index contributed by atoms with van der Waals surface area (Å²) in [4.78, 5) is 90.4. The summed E-state index contributed by atoms with van der Waals surface area (Å²) in [5.41, 5.74) is 9.70. The van der Waals surface area contributed by atoms with Crippen LogP contribution in [0.2, 0.25) is 0 Å². The summed E-state index contributed by atoms with van der Waals surface area (Å²) >= 11 is 0. The zero-order valence-corrected chi connectivity index (χ0v) is 49.6. The number of aryl methyl sites for hydroxylation is 2. The highest BCUT2D eigenvalue weighted by Gasteiger charge is 2.25. The summed E-state index contributed by atoms with van der Waals surface area (Å²) in [6, 6.07) is 17.1. The summed E-state index contributed by atoms with van der Waals surface area (Å²) in [6.45, 7) is 9.99. The molecule has 5 rings (SSSR count). The Kier molecular flexibility index (Phi) is 23.2. The molecule has 21 nitrogen and oxygen atoms in total. The number of carbonyl (C=O) groups is 3. The maximum atomic E-state index is 13.2. The van der Waals surface area contributed by atoms with E-state index in [0.29, 0.717) is 132 Å². The Hall–Kier alpha value is -5.03. The lowest BCUT2D eigenvalue weighted by atomic mass is 10.1. The number of rotatable bonds is 25. The van der Waals surface area contributed by atoms with E-state index in [-0.39, 0.29) is 66.4 Å². The van der Waals surface area contributed by atoms with Gasteiger partial charge in [0.1, 0.15) is 28.7 Å². The fraction of sp³-hybridized carbons (Fsp3) is 0.519. The molecule has 0 saturated carbocycles. The van der Waals surface area contributed by atoms with Crippen LogP contribution < -0.4 is 37.4 Å². The number of nitrogens with one attached hydrogen (secondary N) is 2. The topological polar surface area (TPSA) is 271 Å². The molecule has 3 atom stereocenters. The molecule has 0 aliphatic carbocycles. The first-order chi connectivity index (χ1) is 36.4. The molecule has 0 radical (unpaired) electrons. The van der Waals surface area contributed by atoms with Crippen LogP contribution in [0.4, 0.5) is 0 Å². The van der Waals surface area contributed by atoms with Gasteiger partial charge in [-0.2, -0.15) is 0 Å². The number of nitrogens with zero attached hydrogens (tertiary/aromatic N) is 8. The van der Waals surface area contributed by atoms with E-state index in [1.54, 1.807) is 42.5 Å². The lowest BCUT2D eigenvalue weighted by Crippen LogP contribution is -2.41. The Morgan fingerprint density at radius 1 is 0.590 bits per heavy atom. The van der Waals surface area contributed by atoms with Gasteiger partial charge in [0.2, 0.25) is 33.9 Å². The SMILES string of the molecule is C[N+](C)(C)CCNC(=O)CCc1cc(CN2CCN(Cc3cc(C#Cc4ccc(OCC(=O)CN)cc4)cc(P(C)(=O)O)n3)CCN(Cc3cc(CCC(=O)NCC[N+](C)(C)C)cc(P(C)(=O)O)n3)CC2)nc(P(C)(=O)O)c1. The number of likely N-dealkylation sites (N-methyl/N-ethyl adjacent to an activating group) is 2. The van der Waals surface area contributed by atoms with E-state index in [4.69, 9.17) is 10.5 Å². The third kappa shape index (κ3) is 23.4. The van der Waals surface area contributed by atoms with Gasteiger partial charge in [-0.25, -0.2) is 15.0 Å². The summed E-state index contributed by atoms with van der Waals surface area (Å²) in [6.07, 6.45) is 1.05. The summed E-state index contributed by atoms with van der Waals surface area (Å²) in [7, 11) is 0.815. The molecule has 1 aliphatic heterocycles. The first-order valence-electron chi connectivity index (χ1n) is 26.1. The number of carbonyl (C=O) groups excluding carboxylic acids is 3. The zero-order chi connectivity index (χ0) is 57.5. The minimum atomic E-state index is -3.85. The highest BCUT2D eigenvalue weighted by molar-refractivity contribution is 7.65. The Morgan fingerprint density at radius 3 is 1.33 bits per heavy atom. The number of aromatic nitrogens is 3. The number of ether oxygens (including phenoxy) is 1. The van der Waals surface area contributed by atoms with Gasteiger partial charge < -0.3 is 44.8 Å². The molecular formula is C54H82N11O10P3+2. The third-order valence-electron chi connectivity index (χ3n) is 12.7. The number of Topliss-reactive ketones (excluding diaryl/α,β-unsaturated/α-hetero) is 1. The molecule has 4 aromatic rings. The Morgan fingerprint density at radius 2 is 0.962 bits per heavy atom. The number of pyridine rings is 3. The predicted octanol–water partition coefficient (Wildman–Crippen LogP) is 1.08. The number of hydrogen-bond acceptors (Lipinski definition) is 14. The minimum absolute atomic E-state index is 0.00568. The largest absolute Gasteiger partial charge is 0.486 e. The quantitative estimate of drug-likeness (QED) is 0.0308. The number of quaternary nitrogens is 2. The van der Waals surface area contributed by atoms with Crippen molar-refractivity contribution in [3.05, 3.63) is 100.0 Å². The zero-order valence-electron chi connectivity index (χ0n) is 46.9. The van der Waals surface area contributed by atoms with Crippen molar-refractivity contribution in [2.75, 3.05) is 141 Å². The Bertz CT molecular complexity index is 2800. The van der Waals surface area contributed by atoms with E-state index in [9.17, 15) is 42.8 Å². The second-order valence-corrected chi connectivity index (χ2v) is 29.0. The molecular weight excluding hydrogens is 1060 g/mol. The second kappa shape index (κ2) is 28.4. The number of hydrogen-bond donors (Lipinski definition) is 6. The maximum Gasteiger partial charge on any atom is 0.244 e. The molecule has 3 unspecified atom stereocenters. The fourth-order valence-corrected chi connectivity index (χ4v) is 10.3. The number of nitrogens with two attached hydrogens (primary N) is 1. The van der Waals surface area contributed by atoms with Crippen LogP contribution in [0.15, 0.2) is 60.7 Å². The van der Waals surface area contributed by atoms with Gasteiger partial charge in [-0.1, -0.05) is 11.8 Å². The van der Waals surface area contributed by atoms with Crippen molar-refractivity contribution in [3.8, 4) is 17.6 Å². The van der Waals surface area contributed by atoms with Crippen LogP contribution in [0, 0.1) is 11.8 Å². The molecule has 426 valence electrons. The lowest BCUT2D eigenvalue weighted by Gasteiger charge is -2.26. The van der Waals surface area contributed by atoms with Gasteiger partial charge >= 0.3 is 0 Å². The standard InChI is InChI=1S/C54H80N11O10P3/c1-64(2,3)28-20-56-50(67)18-14-43-31-46(59-53(34-43)77(8,71)72)38-62-24-22-61(37-45-30-42(33-52(58-45)76(7,69)70)11-10-41-12-16-49(17-13-41)75-40-48(66)36-55)23-25-63(27-26-62)39-47-32-44(35-54(60-47)78(9,73)74)15-19-51(68)57-21-29-65(4,5)6/h12-13,16-17,30-35H,14-15,18-29,36-40,55H2,1-9H3,(H3-2,56,57,67,68,69,70,71,72,73,74)/p+2. The van der Waals surface area contributed by atoms with Gasteiger partial charge in [-0.15, -0.1) is 0 Å². The Balaban J connectivity index is 1.45. The van der Waals surface area contributed by atoms with Crippen molar-refractivity contribution in [3.63, 3.8) is 0 Å². The second-order valence-electron chi connectivity index (χ2n) is 22.4. The molecule has 2 amide bonds. The van der Waals surface area contributed by atoms with Gasteiger partial charge in [0.25, 0.3) is 0 Å². The summed E-state index contributed by atoms with van der Waals surface area (Å²) < 4.78 is 46.4. The van der Waals surface area contributed by atoms with Crippen molar-refractivity contribution in [2.24, 2.45) is 5.73 Å². The van der Waals surface area contributed by atoms with Crippen LogP contribution in [0.1, 0.15) is 52.2 Å². The van der Waals surface area contributed by atoms with Gasteiger partial charge in [-0.3, -0.25) is 42.8 Å². The van der Waals surface area contributed by atoms with Gasteiger partial charge in [-0.05, 0) is 84.6 Å². The van der Waals surface area contributed by atoms with Crippen LogP contribution in [0.25, 0.3) is 0 Å². The first kappa shape index (κ1) is 63.8. The van der Waals surface area contributed by atoms with Crippen molar-refractivity contribution in [1.29, 1.82) is 0 Å². The predicted molar refractivity (Wildman–Crippen MR) is 305 cm³/mol. The molecule has 0 spiro atoms. The van der Waals surface area contributed by atoms with Crippen molar-refractivity contribution >= 4 is 56.0 Å². The van der Waals surface area contributed by atoms with Crippen molar-refractivity contribution in [2.45, 2.75) is 45.3 Å². The third-order valence-corrected chi connectivity index (χ3v) is 15.9. The minimum Gasteiger partial charge on any atom is -0.486 e. The number of amides is 2. The fourth-order valence-electron chi connectivity index (χ4n) is 8.18. The molecule has 78 heavy (non-hydrogen) atoms. The molecule has 1 fully saturated rings. The van der Waals surface area contributed by atoms with Crippen LogP contribution in [0.3, 0.4) is 0 Å². The average molecular weight is 1140 g/mol. The smallest absolute Gasteiger partial charge is 0.244 e. The lowest BCUT2D eigenvalue weighted by molar-refractivity contribution is -0.869. The number of ketones is 1. The average Bonchev–Trinajstić information content (AvgIpc) is 3.44. The van der Waals surface area contributed by atoms with Crippen LogP contribution >= 0.6 is 22.1 Å². The van der Waals surface area contributed by atoms with Gasteiger partial charge in [0.15, 0.2) is 5.78 Å². The van der Waals surface area contributed by atoms with Crippen LogP contribution in [-0.2, 0) is 60.6 Å². The molecule has 0 bridgehead atoms. The molecule has 1 aliphatic rings. The summed E-state index contributed by atoms with van der Waals surface area (Å²) in [5.74, 6) is 6.24. The van der Waals surface area contributed by atoms with E-state index in [1.807, 2.05) is 54.4 Å². The maximum absolute atomic E-state index is 13.2. The van der Waals surface area contributed by atoms with E-state index in [2.05, 4.69) is 52.1 Å². The van der Waals surface area contributed by atoms with E-state index in [1.165, 1.54) is 26.1 Å². The summed E-state index contributed by atoms with van der Waals surface area (Å²) in [5, 5.41) is 5.95. The van der Waals surface area contributed by atoms with E-state index in [0.717, 1.165) is 13.1 Å². The highest BCUT2D eigenvalue weighted by atomic mass is 31.2. The molecule has 24 heteroatoms. The van der Waals surface area contributed by atoms with Crippen LogP contribution in [0.5, 0.6) is 5.75 Å². The van der Waals surface area contributed by atoms with Gasteiger partial charge in [0.05, 0.1) is 92.1 Å². The molecule has 3 aromatic heterocycles. The monoisotopic (exact) mass is 1140 g/mol. The molecule has 4 heterocycles. The van der Waals surface area contributed by atoms with Crippen molar-refractivity contribution < 1.29 is 56.5 Å². The molecule has 1 aromatic carbocycles. The van der Waals surface area contributed by atoms with Crippen molar-refractivity contribution in [1.82, 2.24) is 40.3 Å². The normalized spacial score (nSPS) is 16.5. The Labute approximate surface area is 460 Å². The van der Waals surface area contributed by atoms with Crippen LogP contribution in [-0.4, -0.2) is 212 Å². The highest BCUT2D eigenvalue weighted by Crippen LogP contribution is 2.35. The van der Waals surface area contributed by atoms with E-state index < -0.39 is 22.1 Å². The first-order valence-corrected chi connectivity index (χ1v) is 32.4. The van der Waals surface area contributed by atoms with E-state index >= 15 is 0 Å².